The maximum Gasteiger partial charge on any atom is 0.310 e. The van der Waals surface area contributed by atoms with Crippen LogP contribution >= 0.6 is 0 Å². The first-order valence-corrected chi connectivity index (χ1v) is 13.1. The third kappa shape index (κ3) is 10.2. The van der Waals surface area contributed by atoms with E-state index in [-0.39, 0.29) is 43.4 Å². The van der Waals surface area contributed by atoms with Gasteiger partial charge in [0.2, 0.25) is 5.78 Å². The number of hydrogen-bond acceptors (Lipinski definition) is 5. The van der Waals surface area contributed by atoms with Crippen LogP contribution in [0.25, 0.3) is 0 Å². The number of halogens is 2. The highest BCUT2D eigenvalue weighted by Gasteiger charge is 2.43. The van der Waals surface area contributed by atoms with Crippen LogP contribution in [-0.2, 0) is 25.5 Å². The standard InChI is InChI=1S/C28H40F2O5/c1-2-3-10-17-28(29,30)26(33)16-15-23-22(24(31)20-25(23)32)14-9-4-5-11-18-35-27(34)19-21-12-7-6-8-13-21/h6-8,12-13,22-23,25,32H,2-5,9-11,14-20H2,1H3/t22-,23-,25-/m1/s1. The van der Waals surface area contributed by atoms with E-state index in [4.69, 9.17) is 4.74 Å². The number of carbonyl (C=O) groups excluding carboxylic acids is 3. The zero-order chi connectivity index (χ0) is 25.7. The van der Waals surface area contributed by atoms with Gasteiger partial charge in [0.15, 0.2) is 0 Å². The number of Topliss-reactive ketones (excluding diaryl/α,β-unsaturated/α-hetero) is 2. The molecule has 0 radical (unpaired) electrons. The molecular weight excluding hydrogens is 454 g/mol. The number of alkyl halides is 2. The van der Waals surface area contributed by atoms with Crippen LogP contribution in [0.3, 0.4) is 0 Å². The Morgan fingerprint density at radius 1 is 1.03 bits per heavy atom. The van der Waals surface area contributed by atoms with E-state index in [1.807, 2.05) is 37.3 Å². The van der Waals surface area contributed by atoms with Crippen molar-refractivity contribution in [3.8, 4) is 0 Å². The first kappa shape index (κ1) is 29.1. The molecule has 35 heavy (non-hydrogen) atoms. The van der Waals surface area contributed by atoms with Crippen molar-refractivity contribution in [3.05, 3.63) is 35.9 Å². The fourth-order valence-electron chi connectivity index (χ4n) is 4.82. The highest BCUT2D eigenvalue weighted by atomic mass is 19.3. The van der Waals surface area contributed by atoms with Crippen molar-refractivity contribution in [2.45, 2.75) is 102 Å². The first-order chi connectivity index (χ1) is 16.7. The molecule has 1 saturated carbocycles. The molecule has 1 aromatic carbocycles. The molecule has 0 aliphatic heterocycles. The Morgan fingerprint density at radius 2 is 1.74 bits per heavy atom. The Kier molecular flexibility index (Phi) is 12.5. The maximum atomic E-state index is 14.1. The average Bonchev–Trinajstić information content (AvgIpc) is 3.09. The number of aliphatic hydroxyl groups excluding tert-OH is 1. The lowest BCUT2D eigenvalue weighted by Gasteiger charge is -2.22. The van der Waals surface area contributed by atoms with Crippen molar-refractivity contribution >= 4 is 17.5 Å². The third-order valence-corrected chi connectivity index (χ3v) is 6.91. The van der Waals surface area contributed by atoms with E-state index >= 15 is 0 Å². The van der Waals surface area contributed by atoms with Crippen molar-refractivity contribution in [2.75, 3.05) is 6.61 Å². The molecule has 1 aliphatic carbocycles. The quantitative estimate of drug-likeness (QED) is 0.217. The molecule has 0 aromatic heterocycles. The summed E-state index contributed by atoms with van der Waals surface area (Å²) in [4.78, 5) is 36.3. The number of ether oxygens (including phenoxy) is 1. The number of carbonyl (C=O) groups is 3. The number of aliphatic hydroxyl groups is 1. The summed E-state index contributed by atoms with van der Waals surface area (Å²) in [6.07, 6.45) is 4.35. The Bertz CT molecular complexity index is 796. The lowest BCUT2D eigenvalue weighted by molar-refractivity contribution is -0.144. The van der Waals surface area contributed by atoms with Crippen LogP contribution in [-0.4, -0.2) is 41.3 Å². The highest BCUT2D eigenvalue weighted by Crippen LogP contribution is 2.37. The zero-order valence-electron chi connectivity index (χ0n) is 20.9. The van der Waals surface area contributed by atoms with Gasteiger partial charge in [0.05, 0.1) is 19.1 Å². The van der Waals surface area contributed by atoms with Crippen LogP contribution in [0.4, 0.5) is 8.78 Å². The summed E-state index contributed by atoms with van der Waals surface area (Å²) in [5.74, 6) is -5.52. The molecule has 0 heterocycles. The van der Waals surface area contributed by atoms with E-state index in [0.29, 0.717) is 25.9 Å². The number of rotatable bonds is 17. The van der Waals surface area contributed by atoms with Crippen LogP contribution in [0, 0.1) is 11.8 Å². The van der Waals surface area contributed by atoms with Gasteiger partial charge in [-0.15, -0.1) is 0 Å². The van der Waals surface area contributed by atoms with Crippen molar-refractivity contribution in [1.82, 2.24) is 0 Å². The number of hydrogen-bond donors (Lipinski definition) is 1. The van der Waals surface area contributed by atoms with Crippen LogP contribution in [0.15, 0.2) is 30.3 Å². The van der Waals surface area contributed by atoms with Gasteiger partial charge in [-0.25, -0.2) is 0 Å². The van der Waals surface area contributed by atoms with Crippen LogP contribution in [0.2, 0.25) is 0 Å². The second-order valence-electron chi connectivity index (χ2n) is 9.72. The van der Waals surface area contributed by atoms with Crippen LogP contribution in [0.5, 0.6) is 0 Å². The van der Waals surface area contributed by atoms with Crippen LogP contribution < -0.4 is 0 Å². The number of esters is 1. The molecule has 0 amide bonds. The van der Waals surface area contributed by atoms with Gasteiger partial charge in [-0.1, -0.05) is 69.4 Å². The number of ketones is 2. The summed E-state index contributed by atoms with van der Waals surface area (Å²) in [5, 5.41) is 10.3. The molecule has 0 spiro atoms. The predicted octanol–water partition coefficient (Wildman–Crippen LogP) is 5.85. The fourth-order valence-corrected chi connectivity index (χ4v) is 4.82. The molecule has 1 N–H and O–H groups in total. The van der Waals surface area contributed by atoms with Gasteiger partial charge in [-0.2, -0.15) is 8.78 Å². The molecule has 1 aliphatic rings. The number of unbranched alkanes of at least 4 members (excludes halogenated alkanes) is 5. The molecule has 196 valence electrons. The van der Waals surface area contributed by atoms with Gasteiger partial charge in [-0.05, 0) is 37.2 Å². The molecule has 1 fully saturated rings. The Hall–Kier alpha value is -2.15. The fraction of sp³-hybridized carbons (Fsp3) is 0.679. The van der Waals surface area contributed by atoms with Gasteiger partial charge in [0, 0.05) is 25.2 Å². The van der Waals surface area contributed by atoms with E-state index in [0.717, 1.165) is 37.7 Å². The minimum atomic E-state index is -3.33. The second-order valence-corrected chi connectivity index (χ2v) is 9.72. The number of benzene rings is 1. The average molecular weight is 495 g/mol. The first-order valence-electron chi connectivity index (χ1n) is 13.1. The summed E-state index contributed by atoms with van der Waals surface area (Å²) >= 11 is 0. The monoisotopic (exact) mass is 494 g/mol. The van der Waals surface area contributed by atoms with E-state index < -0.39 is 30.1 Å². The summed E-state index contributed by atoms with van der Waals surface area (Å²) in [7, 11) is 0. The van der Waals surface area contributed by atoms with Crippen molar-refractivity contribution in [1.29, 1.82) is 0 Å². The lowest BCUT2D eigenvalue weighted by atomic mass is 9.85. The minimum Gasteiger partial charge on any atom is -0.465 e. The Balaban J connectivity index is 1.65. The van der Waals surface area contributed by atoms with E-state index in [1.54, 1.807) is 0 Å². The summed E-state index contributed by atoms with van der Waals surface area (Å²) in [6, 6.07) is 9.41. The normalized spacial score (nSPS) is 20.2. The van der Waals surface area contributed by atoms with E-state index in [2.05, 4.69) is 0 Å². The highest BCUT2D eigenvalue weighted by molar-refractivity contribution is 5.86. The lowest BCUT2D eigenvalue weighted by Crippen LogP contribution is -2.30. The van der Waals surface area contributed by atoms with Gasteiger partial charge in [0.1, 0.15) is 5.78 Å². The molecule has 0 unspecified atom stereocenters. The van der Waals surface area contributed by atoms with Crippen molar-refractivity contribution in [2.24, 2.45) is 11.8 Å². The summed E-state index contributed by atoms with van der Waals surface area (Å²) < 4.78 is 33.4. The van der Waals surface area contributed by atoms with Crippen LogP contribution in [0.1, 0.15) is 89.5 Å². The van der Waals surface area contributed by atoms with Gasteiger partial charge < -0.3 is 9.84 Å². The smallest absolute Gasteiger partial charge is 0.310 e. The Labute approximate surface area is 207 Å². The molecule has 0 bridgehead atoms. The van der Waals surface area contributed by atoms with Crippen molar-refractivity contribution < 1.29 is 33.0 Å². The zero-order valence-corrected chi connectivity index (χ0v) is 20.9. The summed E-state index contributed by atoms with van der Waals surface area (Å²) in [5.41, 5.74) is 0.914. The third-order valence-electron chi connectivity index (χ3n) is 6.91. The molecule has 2 rings (SSSR count). The van der Waals surface area contributed by atoms with Gasteiger partial charge in [0.25, 0.3) is 0 Å². The largest absolute Gasteiger partial charge is 0.465 e. The topological polar surface area (TPSA) is 80.7 Å². The SMILES string of the molecule is CCCCCC(F)(F)C(=O)CC[C@H]1[C@H](O)CC(=O)[C@@H]1CCCCCCOC(=O)Cc1ccccc1. The summed E-state index contributed by atoms with van der Waals surface area (Å²) in [6.45, 7) is 2.27. The van der Waals surface area contributed by atoms with Crippen molar-refractivity contribution in [3.63, 3.8) is 0 Å². The molecule has 3 atom stereocenters. The van der Waals surface area contributed by atoms with Gasteiger partial charge >= 0.3 is 11.9 Å². The second kappa shape index (κ2) is 15.1. The molecule has 0 saturated heterocycles. The molecule has 7 heteroatoms. The predicted molar refractivity (Wildman–Crippen MR) is 130 cm³/mol. The minimum absolute atomic E-state index is 0.0355. The maximum absolute atomic E-state index is 14.1. The Morgan fingerprint density at radius 3 is 2.46 bits per heavy atom. The van der Waals surface area contributed by atoms with E-state index in [9.17, 15) is 28.3 Å². The van der Waals surface area contributed by atoms with Gasteiger partial charge in [-0.3, -0.25) is 14.4 Å². The molecular formula is C28H40F2O5. The molecule has 5 nitrogen and oxygen atoms in total. The van der Waals surface area contributed by atoms with E-state index in [1.165, 1.54) is 0 Å². The molecule has 1 aromatic rings.